The predicted molar refractivity (Wildman–Crippen MR) is 119 cm³/mol. The summed E-state index contributed by atoms with van der Waals surface area (Å²) < 4.78 is 13.7. The average Bonchev–Trinajstić information content (AvgIpc) is 3.16. The highest BCUT2D eigenvalue weighted by Gasteiger charge is 2.69. The lowest BCUT2D eigenvalue weighted by Gasteiger charge is -2.61. The van der Waals surface area contributed by atoms with Gasteiger partial charge in [0.25, 0.3) is 0 Å². The van der Waals surface area contributed by atoms with Crippen molar-refractivity contribution in [2.45, 2.75) is 115 Å². The largest absolute Gasteiger partial charge is 0.390 e. The maximum Gasteiger partial charge on any atom is 0.0804 e. The van der Waals surface area contributed by atoms with Crippen LogP contribution >= 0.6 is 0 Å². The van der Waals surface area contributed by atoms with Crippen LogP contribution in [0.1, 0.15) is 85.5 Å². The van der Waals surface area contributed by atoms with E-state index < -0.39 is 12.2 Å². The minimum Gasteiger partial charge on any atom is -0.390 e. The zero-order chi connectivity index (χ0) is 21.8. The Morgan fingerprint density at radius 3 is 2.42 bits per heavy atom. The number of hydrogen-bond acceptors (Lipinski definition) is 4. The summed E-state index contributed by atoms with van der Waals surface area (Å²) in [5.74, 6) is 3.69. The van der Waals surface area contributed by atoms with Crippen molar-refractivity contribution < 1.29 is 19.7 Å². The Kier molecular flexibility index (Phi) is 4.78. The van der Waals surface area contributed by atoms with Crippen LogP contribution < -0.4 is 0 Å². The Bertz CT molecular complexity index is 716. The van der Waals surface area contributed by atoms with Gasteiger partial charge in [0.15, 0.2) is 0 Å². The number of aliphatic hydroxyl groups is 2. The SMILES string of the molecule is CC1CCC2(CC3OC4C5CCC6CC(O)C(O)CC6(C)C5CCC4(C)C3C2C)OC1. The van der Waals surface area contributed by atoms with Gasteiger partial charge in [0.05, 0.1) is 30.0 Å². The van der Waals surface area contributed by atoms with Gasteiger partial charge in [0.2, 0.25) is 0 Å². The first-order valence-electron chi connectivity index (χ1n) is 13.3. The zero-order valence-corrected chi connectivity index (χ0v) is 20.1. The van der Waals surface area contributed by atoms with E-state index in [1.165, 1.54) is 38.5 Å². The van der Waals surface area contributed by atoms with E-state index in [-0.39, 0.29) is 16.4 Å². The van der Waals surface area contributed by atoms with Crippen LogP contribution in [0.25, 0.3) is 0 Å². The minimum atomic E-state index is -0.553. The Morgan fingerprint density at radius 2 is 1.68 bits per heavy atom. The third-order valence-electron chi connectivity index (χ3n) is 11.9. The molecule has 2 N–H and O–H groups in total. The number of rotatable bonds is 0. The molecular weight excluding hydrogens is 388 g/mol. The van der Waals surface area contributed by atoms with E-state index in [4.69, 9.17) is 9.47 Å². The molecule has 2 saturated heterocycles. The van der Waals surface area contributed by atoms with Crippen LogP contribution in [0.4, 0.5) is 0 Å². The summed E-state index contributed by atoms with van der Waals surface area (Å²) in [6.45, 7) is 10.7. The first-order chi connectivity index (χ1) is 14.7. The Morgan fingerprint density at radius 1 is 0.871 bits per heavy atom. The monoisotopic (exact) mass is 432 g/mol. The second kappa shape index (κ2) is 6.93. The summed E-state index contributed by atoms with van der Waals surface area (Å²) in [4.78, 5) is 0. The molecule has 4 saturated carbocycles. The van der Waals surface area contributed by atoms with Crippen molar-refractivity contribution >= 4 is 0 Å². The summed E-state index contributed by atoms with van der Waals surface area (Å²) in [6, 6.07) is 0. The summed E-state index contributed by atoms with van der Waals surface area (Å²) in [6.07, 6.45) is 9.73. The third-order valence-corrected chi connectivity index (χ3v) is 11.9. The average molecular weight is 433 g/mol. The van der Waals surface area contributed by atoms with Crippen molar-refractivity contribution in [3.8, 4) is 0 Å². The van der Waals surface area contributed by atoms with E-state index in [1.54, 1.807) is 0 Å². The highest BCUT2D eigenvalue weighted by Crippen LogP contribution is 2.69. The van der Waals surface area contributed by atoms with Crippen molar-refractivity contribution in [2.24, 2.45) is 46.3 Å². The predicted octanol–water partition coefficient (Wildman–Crippen LogP) is 4.56. The molecule has 13 atom stereocenters. The maximum absolute atomic E-state index is 10.5. The lowest BCUT2D eigenvalue weighted by molar-refractivity contribution is -0.187. The van der Waals surface area contributed by atoms with Gasteiger partial charge in [0, 0.05) is 13.0 Å². The minimum absolute atomic E-state index is 0.0555. The van der Waals surface area contributed by atoms with Gasteiger partial charge in [-0.05, 0) is 97.7 Å². The van der Waals surface area contributed by atoms with Gasteiger partial charge in [-0.1, -0.05) is 27.7 Å². The van der Waals surface area contributed by atoms with Gasteiger partial charge in [-0.15, -0.1) is 0 Å². The summed E-state index contributed by atoms with van der Waals surface area (Å²) in [5.41, 5.74) is 0.469. The van der Waals surface area contributed by atoms with E-state index in [0.29, 0.717) is 47.7 Å². The van der Waals surface area contributed by atoms with Crippen LogP contribution in [-0.2, 0) is 9.47 Å². The van der Waals surface area contributed by atoms with Gasteiger partial charge in [-0.3, -0.25) is 0 Å². The molecule has 6 rings (SSSR count). The van der Waals surface area contributed by atoms with E-state index in [9.17, 15) is 10.2 Å². The maximum atomic E-state index is 10.5. The normalized spacial score (nSPS) is 63.3. The first kappa shape index (κ1) is 21.4. The van der Waals surface area contributed by atoms with Crippen LogP contribution in [0.2, 0.25) is 0 Å². The fraction of sp³-hybridized carbons (Fsp3) is 1.00. The van der Waals surface area contributed by atoms with Crippen molar-refractivity contribution in [2.75, 3.05) is 6.61 Å². The van der Waals surface area contributed by atoms with E-state index in [1.807, 2.05) is 0 Å². The second-order valence-electron chi connectivity index (χ2n) is 13.3. The lowest BCUT2D eigenvalue weighted by atomic mass is 9.45. The molecule has 0 bridgehead atoms. The Hall–Kier alpha value is -0.160. The molecular formula is C27H44O4. The molecule has 6 aliphatic rings. The summed E-state index contributed by atoms with van der Waals surface area (Å²) >= 11 is 0. The van der Waals surface area contributed by atoms with Crippen LogP contribution in [0.3, 0.4) is 0 Å². The number of ether oxygens (including phenoxy) is 2. The molecule has 0 radical (unpaired) electrons. The van der Waals surface area contributed by atoms with Crippen molar-refractivity contribution in [1.82, 2.24) is 0 Å². The van der Waals surface area contributed by atoms with Crippen LogP contribution in [0.5, 0.6) is 0 Å². The van der Waals surface area contributed by atoms with Gasteiger partial charge in [0.1, 0.15) is 0 Å². The first-order valence-corrected chi connectivity index (χ1v) is 13.3. The highest BCUT2D eigenvalue weighted by atomic mass is 16.5. The molecule has 2 aliphatic heterocycles. The van der Waals surface area contributed by atoms with E-state index in [2.05, 4.69) is 27.7 Å². The third kappa shape index (κ3) is 2.80. The molecule has 4 nitrogen and oxygen atoms in total. The van der Waals surface area contributed by atoms with Crippen LogP contribution in [0.15, 0.2) is 0 Å². The highest BCUT2D eigenvalue weighted by molar-refractivity contribution is 5.17. The molecule has 6 fully saturated rings. The lowest BCUT2D eigenvalue weighted by Crippen LogP contribution is -2.59. The Labute approximate surface area is 188 Å². The van der Waals surface area contributed by atoms with Crippen LogP contribution in [-0.4, -0.2) is 46.8 Å². The molecule has 176 valence electrons. The van der Waals surface area contributed by atoms with Gasteiger partial charge in [-0.25, -0.2) is 0 Å². The summed E-state index contributed by atoms with van der Waals surface area (Å²) in [7, 11) is 0. The molecule has 4 heteroatoms. The van der Waals surface area contributed by atoms with Gasteiger partial charge >= 0.3 is 0 Å². The van der Waals surface area contributed by atoms with Crippen LogP contribution in [0, 0.1) is 46.3 Å². The fourth-order valence-electron chi connectivity index (χ4n) is 10.2. The topological polar surface area (TPSA) is 58.9 Å². The smallest absolute Gasteiger partial charge is 0.0804 e. The molecule has 2 heterocycles. The van der Waals surface area contributed by atoms with E-state index >= 15 is 0 Å². The van der Waals surface area contributed by atoms with Gasteiger partial charge < -0.3 is 19.7 Å². The number of hydrogen-bond donors (Lipinski definition) is 2. The molecule has 4 aliphatic carbocycles. The number of aliphatic hydroxyl groups excluding tert-OH is 2. The van der Waals surface area contributed by atoms with Crippen molar-refractivity contribution in [1.29, 1.82) is 0 Å². The molecule has 13 unspecified atom stereocenters. The molecule has 1 spiro atoms. The molecule has 31 heavy (non-hydrogen) atoms. The molecule has 0 aromatic carbocycles. The zero-order valence-electron chi connectivity index (χ0n) is 20.1. The molecule has 0 aromatic rings. The van der Waals surface area contributed by atoms with E-state index in [0.717, 1.165) is 25.9 Å². The molecule has 0 aromatic heterocycles. The van der Waals surface area contributed by atoms with Crippen molar-refractivity contribution in [3.05, 3.63) is 0 Å². The summed E-state index contributed by atoms with van der Waals surface area (Å²) in [5, 5.41) is 20.8. The van der Waals surface area contributed by atoms with Gasteiger partial charge in [-0.2, -0.15) is 0 Å². The quantitative estimate of drug-likeness (QED) is 0.589. The standard InChI is InChI=1S/C27H44O4/c1-15-7-10-27(30-14-15)13-22-23(16(27)2)25(3)9-8-19-18(24(25)31-22)6-5-17-11-20(28)21(29)12-26(17,19)4/h15-24,28-29H,5-14H2,1-4H3. The second-order valence-corrected chi connectivity index (χ2v) is 13.3. The van der Waals surface area contributed by atoms with Crippen molar-refractivity contribution in [3.63, 3.8) is 0 Å². The molecule has 0 amide bonds. The number of fused-ring (bicyclic) bond motifs is 7. The Balaban J connectivity index is 1.26. The fourth-order valence-corrected chi connectivity index (χ4v) is 10.2.